The van der Waals surface area contributed by atoms with Gasteiger partial charge in [0.1, 0.15) is 0 Å². The van der Waals surface area contributed by atoms with Crippen molar-refractivity contribution >= 4 is 25.6 Å². The van der Waals surface area contributed by atoms with Gasteiger partial charge >= 0.3 is 0 Å². The SMILES string of the molecule is CCOCCOCCOCCN(C(=O)c1cc(-c2ccnc(S(C)(=O)=O)n2)cc(-c2ccnc(S(C)(=O)=O)n2)c1)C(C)(C)C. The highest BCUT2D eigenvalue weighted by atomic mass is 32.2. The Bertz CT molecular complexity index is 1560. The van der Waals surface area contributed by atoms with Crippen molar-refractivity contribution in [3.8, 4) is 22.5 Å². The van der Waals surface area contributed by atoms with E-state index in [2.05, 4.69) is 19.9 Å². The number of benzene rings is 1. The minimum Gasteiger partial charge on any atom is -0.379 e. The second-order valence-corrected chi connectivity index (χ2v) is 14.7. The number of carbonyl (C=O) groups is 1. The number of ether oxygens (including phenoxy) is 3. The molecule has 0 fully saturated rings. The summed E-state index contributed by atoms with van der Waals surface area (Å²) in [6, 6.07) is 7.90. The molecule has 0 aliphatic heterocycles. The van der Waals surface area contributed by atoms with Gasteiger partial charge in [0.2, 0.25) is 30.0 Å². The molecule has 3 aromatic rings. The van der Waals surface area contributed by atoms with Crippen LogP contribution in [0.5, 0.6) is 0 Å². The Kier molecular flexibility index (Phi) is 12.0. The van der Waals surface area contributed by atoms with Crippen molar-refractivity contribution in [1.82, 2.24) is 24.8 Å². The molecule has 2 aromatic heterocycles. The van der Waals surface area contributed by atoms with Gasteiger partial charge in [-0.3, -0.25) is 4.79 Å². The summed E-state index contributed by atoms with van der Waals surface area (Å²) < 4.78 is 65.0. The lowest BCUT2D eigenvalue weighted by Crippen LogP contribution is -2.47. The first kappa shape index (κ1) is 35.1. The van der Waals surface area contributed by atoms with Gasteiger partial charge in [-0.05, 0) is 58.0 Å². The first-order chi connectivity index (χ1) is 20.6. The fourth-order valence-electron chi connectivity index (χ4n) is 4.04. The molecule has 0 aliphatic carbocycles. The molecule has 13 nitrogen and oxygen atoms in total. The van der Waals surface area contributed by atoms with E-state index in [0.29, 0.717) is 44.2 Å². The van der Waals surface area contributed by atoms with Crippen molar-refractivity contribution < 1.29 is 35.8 Å². The molecule has 44 heavy (non-hydrogen) atoms. The maximum absolute atomic E-state index is 14.1. The average molecular weight is 650 g/mol. The Labute approximate surface area is 258 Å². The van der Waals surface area contributed by atoms with E-state index in [9.17, 15) is 21.6 Å². The van der Waals surface area contributed by atoms with Crippen LogP contribution in [0.25, 0.3) is 22.5 Å². The quantitative estimate of drug-likeness (QED) is 0.175. The smallest absolute Gasteiger partial charge is 0.254 e. The third kappa shape index (κ3) is 10.1. The van der Waals surface area contributed by atoms with Crippen molar-refractivity contribution in [1.29, 1.82) is 0 Å². The number of nitrogens with zero attached hydrogens (tertiary/aromatic N) is 5. The Morgan fingerprint density at radius 3 is 1.64 bits per heavy atom. The first-order valence-corrected chi connectivity index (χ1v) is 17.7. The van der Waals surface area contributed by atoms with Gasteiger partial charge in [-0.2, -0.15) is 0 Å². The van der Waals surface area contributed by atoms with Gasteiger partial charge in [0, 0.05) is 60.3 Å². The van der Waals surface area contributed by atoms with Gasteiger partial charge in [-0.1, -0.05) is 0 Å². The fourth-order valence-corrected chi connectivity index (χ4v) is 5.08. The maximum Gasteiger partial charge on any atom is 0.254 e. The van der Waals surface area contributed by atoms with Crippen LogP contribution in [0.2, 0.25) is 0 Å². The summed E-state index contributed by atoms with van der Waals surface area (Å²) in [5, 5.41) is -0.741. The van der Waals surface area contributed by atoms with Crippen LogP contribution >= 0.6 is 0 Å². The van der Waals surface area contributed by atoms with Crippen molar-refractivity contribution in [2.75, 3.05) is 58.7 Å². The molecule has 0 spiro atoms. The second-order valence-electron chi connectivity index (χ2n) is 10.8. The highest BCUT2D eigenvalue weighted by Gasteiger charge is 2.28. The zero-order valence-corrected chi connectivity index (χ0v) is 27.4. The van der Waals surface area contributed by atoms with E-state index in [4.69, 9.17) is 14.2 Å². The number of hydrogen-bond acceptors (Lipinski definition) is 12. The third-order valence-corrected chi connectivity index (χ3v) is 7.88. The van der Waals surface area contributed by atoms with E-state index in [-0.39, 0.29) is 46.3 Å². The van der Waals surface area contributed by atoms with Crippen LogP contribution < -0.4 is 0 Å². The highest BCUT2D eigenvalue weighted by Crippen LogP contribution is 2.29. The van der Waals surface area contributed by atoms with E-state index in [1.54, 1.807) is 23.1 Å². The first-order valence-electron chi connectivity index (χ1n) is 13.9. The predicted molar refractivity (Wildman–Crippen MR) is 164 cm³/mol. The van der Waals surface area contributed by atoms with Gasteiger partial charge in [0.05, 0.1) is 44.4 Å². The Morgan fingerprint density at radius 2 is 1.20 bits per heavy atom. The maximum atomic E-state index is 14.1. The van der Waals surface area contributed by atoms with Crippen LogP contribution in [0.3, 0.4) is 0 Å². The summed E-state index contributed by atoms with van der Waals surface area (Å²) in [6.07, 6.45) is 4.64. The molecule has 0 aliphatic rings. The molecule has 0 unspecified atom stereocenters. The number of aromatic nitrogens is 4. The number of rotatable bonds is 15. The Balaban J connectivity index is 1.98. The molecule has 0 N–H and O–H groups in total. The molecule has 0 saturated carbocycles. The van der Waals surface area contributed by atoms with Crippen molar-refractivity contribution in [2.24, 2.45) is 0 Å². The summed E-state index contributed by atoms with van der Waals surface area (Å²) in [7, 11) is -7.43. The lowest BCUT2D eigenvalue weighted by molar-refractivity contribution is 0.00719. The van der Waals surface area contributed by atoms with Gasteiger partial charge in [-0.25, -0.2) is 36.8 Å². The van der Waals surface area contributed by atoms with Crippen molar-refractivity contribution in [3.05, 3.63) is 48.3 Å². The minimum absolute atomic E-state index is 0.253. The van der Waals surface area contributed by atoms with Gasteiger partial charge in [-0.15, -0.1) is 0 Å². The van der Waals surface area contributed by atoms with E-state index in [1.807, 2.05) is 27.7 Å². The van der Waals surface area contributed by atoms with E-state index >= 15 is 0 Å². The molecule has 0 atom stereocenters. The molecule has 0 bridgehead atoms. The Morgan fingerprint density at radius 1 is 0.750 bits per heavy atom. The predicted octanol–water partition coefficient (Wildman–Crippen LogP) is 2.72. The molecule has 1 amide bonds. The average Bonchev–Trinajstić information content (AvgIpc) is 2.96. The largest absolute Gasteiger partial charge is 0.379 e. The van der Waals surface area contributed by atoms with E-state index in [1.165, 1.54) is 24.5 Å². The van der Waals surface area contributed by atoms with E-state index < -0.39 is 25.2 Å². The second kappa shape index (κ2) is 15.1. The van der Waals surface area contributed by atoms with Gasteiger partial charge in [0.15, 0.2) is 0 Å². The summed E-state index contributed by atoms with van der Waals surface area (Å²) in [6.45, 7) is 10.5. The number of sulfone groups is 2. The van der Waals surface area contributed by atoms with E-state index in [0.717, 1.165) is 12.5 Å². The van der Waals surface area contributed by atoms with Crippen LogP contribution in [0.4, 0.5) is 0 Å². The molecule has 15 heteroatoms. The molecule has 0 saturated heterocycles. The third-order valence-electron chi connectivity index (χ3n) is 6.16. The van der Waals surface area contributed by atoms with Crippen LogP contribution in [-0.4, -0.2) is 112 Å². The molecule has 0 radical (unpaired) electrons. The van der Waals surface area contributed by atoms with Crippen LogP contribution in [0, 0.1) is 0 Å². The monoisotopic (exact) mass is 649 g/mol. The van der Waals surface area contributed by atoms with Gasteiger partial charge in [0.25, 0.3) is 5.91 Å². The number of hydrogen-bond donors (Lipinski definition) is 0. The molecular formula is C29H39N5O8S2. The molecule has 2 heterocycles. The summed E-state index contributed by atoms with van der Waals surface area (Å²) in [5.74, 6) is -0.327. The normalized spacial score (nSPS) is 12.3. The zero-order chi connectivity index (χ0) is 32.5. The molecular weight excluding hydrogens is 610 g/mol. The van der Waals surface area contributed by atoms with Crippen molar-refractivity contribution in [3.63, 3.8) is 0 Å². The molecule has 1 aromatic carbocycles. The topological polar surface area (TPSA) is 168 Å². The highest BCUT2D eigenvalue weighted by molar-refractivity contribution is 7.90. The lowest BCUT2D eigenvalue weighted by Gasteiger charge is -2.36. The van der Waals surface area contributed by atoms with Crippen LogP contribution in [0.15, 0.2) is 53.0 Å². The van der Waals surface area contributed by atoms with Crippen LogP contribution in [0.1, 0.15) is 38.1 Å². The summed E-state index contributed by atoms with van der Waals surface area (Å²) >= 11 is 0. The minimum atomic E-state index is -3.71. The Hall–Kier alpha value is -3.37. The fraction of sp³-hybridized carbons (Fsp3) is 0.483. The van der Waals surface area contributed by atoms with Crippen LogP contribution in [-0.2, 0) is 33.9 Å². The molecule has 240 valence electrons. The molecule has 3 rings (SSSR count). The lowest BCUT2D eigenvalue weighted by atomic mass is 9.98. The standard InChI is InChI=1S/C29H39N5O8S2/c1-7-40-14-15-42-17-16-41-13-12-34(29(2,3)4)26(35)23-19-21(24-8-10-30-27(32-24)43(5,36)37)18-22(20-23)25-9-11-31-28(33-25)44(6,38)39/h8-11,18-20H,7,12-17H2,1-6H3. The summed E-state index contributed by atoms with van der Waals surface area (Å²) in [4.78, 5) is 31.8. The number of amides is 1. The van der Waals surface area contributed by atoms with Crippen molar-refractivity contribution in [2.45, 2.75) is 43.5 Å². The van der Waals surface area contributed by atoms with Gasteiger partial charge < -0.3 is 19.1 Å². The number of carbonyl (C=O) groups excluding carboxylic acids is 1. The zero-order valence-electron chi connectivity index (χ0n) is 25.8. The summed E-state index contributed by atoms with van der Waals surface area (Å²) in [5.41, 5.74) is 0.985.